The van der Waals surface area contributed by atoms with Crippen LogP contribution < -0.4 is 4.90 Å². The van der Waals surface area contributed by atoms with Crippen molar-refractivity contribution in [3.8, 4) is 0 Å². The van der Waals surface area contributed by atoms with E-state index in [9.17, 15) is 4.79 Å². The molecule has 0 atom stereocenters. The number of fused-ring (bicyclic) bond motifs is 1. The van der Waals surface area contributed by atoms with Crippen LogP contribution in [0.3, 0.4) is 0 Å². The number of hydrogen-bond acceptors (Lipinski definition) is 4. The number of nitrogens with zero attached hydrogens (tertiary/aromatic N) is 2. The Kier molecular flexibility index (Phi) is 4.82. The summed E-state index contributed by atoms with van der Waals surface area (Å²) in [4.78, 5) is 20.7. The number of carbonyl (C=O) groups excluding carboxylic acids is 1. The number of benzene rings is 2. The number of aromatic nitrogens is 1. The Balaban J connectivity index is 1.69. The summed E-state index contributed by atoms with van der Waals surface area (Å²) in [7, 11) is 0. The molecule has 1 amide bonds. The molecule has 0 saturated heterocycles. The van der Waals surface area contributed by atoms with Crippen molar-refractivity contribution in [1.82, 2.24) is 4.98 Å². The van der Waals surface area contributed by atoms with Crippen LogP contribution in [0.4, 0.5) is 5.13 Å². The van der Waals surface area contributed by atoms with E-state index in [0.717, 1.165) is 25.8 Å². The van der Waals surface area contributed by atoms with Crippen LogP contribution in [0.25, 0.3) is 10.2 Å². The predicted octanol–water partition coefficient (Wildman–Crippen LogP) is 5.44. The number of thiazole rings is 1. The van der Waals surface area contributed by atoms with Crippen molar-refractivity contribution in [2.24, 2.45) is 0 Å². The molecule has 4 rings (SSSR count). The van der Waals surface area contributed by atoms with Gasteiger partial charge in [-0.3, -0.25) is 9.69 Å². The van der Waals surface area contributed by atoms with Gasteiger partial charge in [0.15, 0.2) is 5.13 Å². The van der Waals surface area contributed by atoms with Crippen molar-refractivity contribution in [2.75, 3.05) is 4.90 Å². The SMILES string of the molecule is Cc1ccc2nc(N(Cc3ccccc3)C(=O)Cc3cccs3)sc2c1. The van der Waals surface area contributed by atoms with E-state index < -0.39 is 0 Å². The molecule has 130 valence electrons. The highest BCUT2D eigenvalue weighted by Gasteiger charge is 2.21. The van der Waals surface area contributed by atoms with Crippen LogP contribution in [0.1, 0.15) is 16.0 Å². The molecule has 3 nitrogen and oxygen atoms in total. The minimum Gasteiger partial charge on any atom is -0.283 e. The number of aryl methyl sites for hydroxylation is 1. The first kappa shape index (κ1) is 16.9. The van der Waals surface area contributed by atoms with Crippen LogP contribution in [0.2, 0.25) is 0 Å². The fourth-order valence-corrected chi connectivity index (χ4v) is 4.60. The van der Waals surface area contributed by atoms with Gasteiger partial charge < -0.3 is 0 Å². The molecule has 0 aliphatic rings. The van der Waals surface area contributed by atoms with E-state index in [2.05, 4.69) is 19.1 Å². The molecule has 0 unspecified atom stereocenters. The molecule has 2 heterocycles. The van der Waals surface area contributed by atoms with Gasteiger partial charge in [0.2, 0.25) is 5.91 Å². The van der Waals surface area contributed by atoms with E-state index in [1.165, 1.54) is 5.56 Å². The summed E-state index contributed by atoms with van der Waals surface area (Å²) < 4.78 is 1.11. The molecule has 5 heteroatoms. The van der Waals surface area contributed by atoms with Crippen molar-refractivity contribution < 1.29 is 4.79 Å². The molecular weight excluding hydrogens is 360 g/mol. The number of hydrogen-bond donors (Lipinski definition) is 0. The van der Waals surface area contributed by atoms with Gasteiger partial charge in [-0.2, -0.15) is 0 Å². The minimum absolute atomic E-state index is 0.0760. The Bertz CT molecular complexity index is 1020. The predicted molar refractivity (Wildman–Crippen MR) is 110 cm³/mol. The van der Waals surface area contributed by atoms with E-state index in [4.69, 9.17) is 4.98 Å². The van der Waals surface area contributed by atoms with E-state index in [-0.39, 0.29) is 5.91 Å². The largest absolute Gasteiger partial charge is 0.283 e. The molecule has 0 aliphatic heterocycles. The molecule has 0 aliphatic carbocycles. The van der Waals surface area contributed by atoms with Crippen molar-refractivity contribution in [3.63, 3.8) is 0 Å². The van der Waals surface area contributed by atoms with Gasteiger partial charge in [0, 0.05) is 4.88 Å². The first-order chi connectivity index (χ1) is 12.7. The van der Waals surface area contributed by atoms with Crippen LogP contribution >= 0.6 is 22.7 Å². The van der Waals surface area contributed by atoms with Crippen LogP contribution in [-0.4, -0.2) is 10.9 Å². The highest BCUT2D eigenvalue weighted by molar-refractivity contribution is 7.22. The normalized spacial score (nSPS) is 11.0. The first-order valence-electron chi connectivity index (χ1n) is 8.43. The Hall–Kier alpha value is -2.50. The monoisotopic (exact) mass is 378 g/mol. The van der Waals surface area contributed by atoms with Gasteiger partial charge in [-0.05, 0) is 41.6 Å². The summed E-state index contributed by atoms with van der Waals surface area (Å²) in [5.41, 5.74) is 3.24. The maximum absolute atomic E-state index is 13.1. The lowest BCUT2D eigenvalue weighted by Gasteiger charge is -2.19. The Morgan fingerprint density at radius 3 is 2.69 bits per heavy atom. The molecule has 4 aromatic rings. The second-order valence-electron chi connectivity index (χ2n) is 6.19. The van der Waals surface area contributed by atoms with Crippen molar-refractivity contribution >= 4 is 43.9 Å². The van der Waals surface area contributed by atoms with Gasteiger partial charge >= 0.3 is 0 Å². The van der Waals surface area contributed by atoms with Crippen molar-refractivity contribution in [3.05, 3.63) is 82.0 Å². The number of thiophene rings is 1. The van der Waals surface area contributed by atoms with Crippen molar-refractivity contribution in [1.29, 1.82) is 0 Å². The van der Waals surface area contributed by atoms with Crippen LogP contribution in [-0.2, 0) is 17.8 Å². The molecule has 2 aromatic heterocycles. The van der Waals surface area contributed by atoms with Gasteiger partial charge in [-0.25, -0.2) is 4.98 Å². The maximum atomic E-state index is 13.1. The minimum atomic E-state index is 0.0760. The second-order valence-corrected chi connectivity index (χ2v) is 8.23. The third-order valence-corrected chi connectivity index (χ3v) is 6.07. The summed E-state index contributed by atoms with van der Waals surface area (Å²) in [6.45, 7) is 2.60. The Morgan fingerprint density at radius 1 is 1.08 bits per heavy atom. The zero-order chi connectivity index (χ0) is 17.9. The number of anilines is 1. The van der Waals surface area contributed by atoms with Crippen LogP contribution in [0, 0.1) is 6.92 Å². The zero-order valence-electron chi connectivity index (χ0n) is 14.4. The highest BCUT2D eigenvalue weighted by atomic mass is 32.1. The highest BCUT2D eigenvalue weighted by Crippen LogP contribution is 2.31. The standard InChI is InChI=1S/C21H18N2OS2/c1-15-9-10-18-19(12-15)26-21(22-18)23(14-16-6-3-2-4-7-16)20(24)13-17-8-5-11-25-17/h2-12H,13-14H2,1H3. The molecule has 0 spiro atoms. The van der Waals surface area contributed by atoms with E-state index in [1.807, 2.05) is 58.8 Å². The summed E-state index contributed by atoms with van der Waals surface area (Å²) in [6, 6.07) is 20.3. The fourth-order valence-electron chi connectivity index (χ4n) is 2.82. The number of amides is 1. The van der Waals surface area contributed by atoms with E-state index in [1.54, 1.807) is 22.7 Å². The average molecular weight is 379 g/mol. The molecule has 0 saturated carbocycles. The summed E-state index contributed by atoms with van der Waals surface area (Å²) in [5, 5.41) is 2.76. The number of rotatable bonds is 5. The molecule has 0 N–H and O–H groups in total. The van der Waals surface area contributed by atoms with Gasteiger partial charge in [-0.15, -0.1) is 11.3 Å². The zero-order valence-corrected chi connectivity index (χ0v) is 16.0. The summed E-state index contributed by atoms with van der Waals surface area (Å²) >= 11 is 3.19. The quantitative estimate of drug-likeness (QED) is 0.463. The first-order valence-corrected chi connectivity index (χ1v) is 10.1. The lowest BCUT2D eigenvalue weighted by atomic mass is 10.2. The van der Waals surface area contributed by atoms with Crippen LogP contribution in [0.5, 0.6) is 0 Å². The maximum Gasteiger partial charge on any atom is 0.234 e. The summed E-state index contributed by atoms with van der Waals surface area (Å²) in [5.74, 6) is 0.0760. The molecule has 2 aromatic carbocycles. The number of carbonyl (C=O) groups is 1. The van der Waals surface area contributed by atoms with E-state index in [0.29, 0.717) is 13.0 Å². The van der Waals surface area contributed by atoms with Gasteiger partial charge in [0.1, 0.15) is 0 Å². The summed E-state index contributed by atoms with van der Waals surface area (Å²) in [6.07, 6.45) is 0.402. The van der Waals surface area contributed by atoms with Gasteiger partial charge in [0.25, 0.3) is 0 Å². The lowest BCUT2D eigenvalue weighted by molar-refractivity contribution is -0.118. The van der Waals surface area contributed by atoms with Crippen LogP contribution in [0.15, 0.2) is 66.0 Å². The molecular formula is C21H18N2OS2. The van der Waals surface area contributed by atoms with Crippen molar-refractivity contribution in [2.45, 2.75) is 19.9 Å². The van der Waals surface area contributed by atoms with E-state index >= 15 is 0 Å². The Labute approximate surface area is 160 Å². The molecule has 0 fully saturated rings. The lowest BCUT2D eigenvalue weighted by Crippen LogP contribution is -2.31. The molecule has 0 radical (unpaired) electrons. The molecule has 0 bridgehead atoms. The third kappa shape index (κ3) is 3.69. The van der Waals surface area contributed by atoms with Gasteiger partial charge in [-0.1, -0.05) is 53.8 Å². The smallest absolute Gasteiger partial charge is 0.234 e. The molecule has 26 heavy (non-hydrogen) atoms. The second kappa shape index (κ2) is 7.40. The average Bonchev–Trinajstić information content (AvgIpc) is 3.29. The van der Waals surface area contributed by atoms with Gasteiger partial charge in [0.05, 0.1) is 23.2 Å². The topological polar surface area (TPSA) is 33.2 Å². The Morgan fingerprint density at radius 2 is 1.92 bits per heavy atom. The fraction of sp³-hybridized carbons (Fsp3) is 0.143. The third-order valence-electron chi connectivity index (χ3n) is 4.15.